The third-order valence-electron chi connectivity index (χ3n) is 3.68. The second kappa shape index (κ2) is 7.93. The molecule has 1 aliphatic heterocycles. The number of likely N-dealkylation sites (tertiary alicyclic amines) is 1. The average molecular weight is 373 g/mol. The van der Waals surface area contributed by atoms with Crippen molar-refractivity contribution in [3.05, 3.63) is 0 Å². The maximum Gasteiger partial charge on any atom is 0.410 e. The molecule has 0 aromatic rings. The number of nitrogens with zero attached hydrogens (tertiary/aromatic N) is 1. The number of amides is 1. The van der Waals surface area contributed by atoms with Gasteiger partial charge in [0.1, 0.15) is 15.4 Å². The molecule has 142 valence electrons. The number of rotatable bonds is 6. The van der Waals surface area contributed by atoms with E-state index in [-0.39, 0.29) is 18.2 Å². The Morgan fingerprint density at radius 2 is 1.83 bits per heavy atom. The highest BCUT2D eigenvalue weighted by atomic mass is 32.2. The van der Waals surface area contributed by atoms with Gasteiger partial charge in [-0.3, -0.25) is 0 Å². The van der Waals surface area contributed by atoms with Crippen LogP contribution in [0.5, 0.6) is 0 Å². The fraction of sp³-hybridized carbons (Fsp3) is 0.933. The predicted molar refractivity (Wildman–Crippen MR) is 84.5 cm³/mol. The van der Waals surface area contributed by atoms with Gasteiger partial charge in [0, 0.05) is 19.0 Å². The van der Waals surface area contributed by atoms with Gasteiger partial charge in [-0.2, -0.15) is 13.2 Å². The Morgan fingerprint density at radius 1 is 1.21 bits per heavy atom. The van der Waals surface area contributed by atoms with Crippen molar-refractivity contribution in [3.63, 3.8) is 0 Å². The molecule has 0 saturated carbocycles. The molecule has 1 aliphatic rings. The zero-order valence-corrected chi connectivity index (χ0v) is 15.2. The average Bonchev–Trinajstić information content (AvgIpc) is 2.80. The molecule has 1 rings (SSSR count). The summed E-state index contributed by atoms with van der Waals surface area (Å²) >= 11 is 0. The molecule has 1 atom stereocenters. The van der Waals surface area contributed by atoms with E-state index in [4.69, 9.17) is 4.74 Å². The number of hydrogen-bond donors (Lipinski definition) is 0. The molecule has 0 radical (unpaired) electrons. The van der Waals surface area contributed by atoms with Crippen LogP contribution >= 0.6 is 0 Å². The van der Waals surface area contributed by atoms with E-state index in [0.717, 1.165) is 6.42 Å². The smallest absolute Gasteiger partial charge is 0.410 e. The maximum atomic E-state index is 12.1. The lowest BCUT2D eigenvalue weighted by Gasteiger charge is -2.28. The van der Waals surface area contributed by atoms with E-state index in [1.165, 1.54) is 4.90 Å². The van der Waals surface area contributed by atoms with Crippen LogP contribution in [0.2, 0.25) is 0 Å². The molecule has 0 aliphatic carbocycles. The molecule has 9 heteroatoms. The molecule has 0 bridgehead atoms. The van der Waals surface area contributed by atoms with E-state index in [0.29, 0.717) is 13.0 Å². The van der Waals surface area contributed by atoms with Crippen molar-refractivity contribution >= 4 is 15.9 Å². The standard InChI is InChI=1S/C15H26F3NO4S/c1-14(2,3)23-13(20)19-9-4-6-12(19)7-11-24(21,22)10-5-8-15(16,17)18/h12H,4-11H2,1-3H3. The Bertz CT molecular complexity index is 526. The zero-order valence-electron chi connectivity index (χ0n) is 14.4. The Hall–Kier alpha value is -0.990. The van der Waals surface area contributed by atoms with E-state index in [2.05, 4.69) is 0 Å². The van der Waals surface area contributed by atoms with Gasteiger partial charge in [0.05, 0.1) is 11.5 Å². The van der Waals surface area contributed by atoms with Crippen LogP contribution < -0.4 is 0 Å². The minimum Gasteiger partial charge on any atom is -0.444 e. The van der Waals surface area contributed by atoms with Gasteiger partial charge in [-0.05, 0) is 46.5 Å². The molecule has 0 N–H and O–H groups in total. The predicted octanol–water partition coefficient (Wildman–Crippen LogP) is 3.53. The summed E-state index contributed by atoms with van der Waals surface area (Å²) in [6, 6.07) is -0.239. The monoisotopic (exact) mass is 373 g/mol. The van der Waals surface area contributed by atoms with Gasteiger partial charge in [-0.15, -0.1) is 0 Å². The summed E-state index contributed by atoms with van der Waals surface area (Å²) in [5.41, 5.74) is -0.631. The number of carbonyl (C=O) groups excluding carboxylic acids is 1. The minimum atomic E-state index is -4.34. The number of sulfone groups is 1. The largest absolute Gasteiger partial charge is 0.444 e. The van der Waals surface area contributed by atoms with Gasteiger partial charge in [0.25, 0.3) is 0 Å². The van der Waals surface area contributed by atoms with E-state index in [9.17, 15) is 26.4 Å². The highest BCUT2D eigenvalue weighted by Crippen LogP contribution is 2.24. The number of halogens is 3. The van der Waals surface area contributed by atoms with Crippen molar-refractivity contribution in [2.24, 2.45) is 0 Å². The molecule has 1 fully saturated rings. The molecule has 0 aromatic carbocycles. The van der Waals surface area contributed by atoms with Crippen LogP contribution in [0.25, 0.3) is 0 Å². The Morgan fingerprint density at radius 3 is 2.38 bits per heavy atom. The highest BCUT2D eigenvalue weighted by Gasteiger charge is 2.33. The summed E-state index contributed by atoms with van der Waals surface area (Å²) in [5, 5.41) is 0. The van der Waals surface area contributed by atoms with Gasteiger partial charge < -0.3 is 9.64 Å². The number of ether oxygens (including phenoxy) is 1. The Balaban J connectivity index is 2.48. The summed E-state index contributed by atoms with van der Waals surface area (Å²) in [6.07, 6.45) is -4.66. The summed E-state index contributed by atoms with van der Waals surface area (Å²) in [7, 11) is -3.55. The normalized spacial score (nSPS) is 19.6. The van der Waals surface area contributed by atoms with Crippen molar-refractivity contribution in [3.8, 4) is 0 Å². The summed E-state index contributed by atoms with van der Waals surface area (Å²) in [6.45, 7) is 5.76. The zero-order chi connectivity index (χ0) is 18.6. The first-order valence-corrected chi connectivity index (χ1v) is 9.88. The Labute approximate surface area is 141 Å². The molecule has 1 heterocycles. The van der Waals surface area contributed by atoms with Gasteiger partial charge in [0.15, 0.2) is 0 Å². The van der Waals surface area contributed by atoms with E-state index in [1.807, 2.05) is 0 Å². The van der Waals surface area contributed by atoms with Crippen LogP contribution in [0.15, 0.2) is 0 Å². The molecule has 5 nitrogen and oxygen atoms in total. The number of hydrogen-bond acceptors (Lipinski definition) is 4. The lowest BCUT2D eigenvalue weighted by Crippen LogP contribution is -2.40. The second-order valence-electron chi connectivity index (χ2n) is 7.13. The molecule has 0 spiro atoms. The fourth-order valence-corrected chi connectivity index (χ4v) is 4.03. The van der Waals surface area contributed by atoms with Crippen LogP contribution in [0, 0.1) is 0 Å². The molecule has 1 amide bonds. The second-order valence-corrected chi connectivity index (χ2v) is 9.43. The van der Waals surface area contributed by atoms with Crippen LogP contribution in [-0.4, -0.2) is 55.3 Å². The summed E-state index contributed by atoms with van der Waals surface area (Å²) in [4.78, 5) is 13.6. The lowest BCUT2D eigenvalue weighted by atomic mass is 10.2. The van der Waals surface area contributed by atoms with E-state index >= 15 is 0 Å². The maximum absolute atomic E-state index is 12.1. The van der Waals surface area contributed by atoms with Crippen LogP contribution in [0.1, 0.15) is 52.9 Å². The Kier molecular flexibility index (Phi) is 6.95. The van der Waals surface area contributed by atoms with Gasteiger partial charge in [-0.1, -0.05) is 0 Å². The van der Waals surface area contributed by atoms with Crippen molar-refractivity contribution in [2.75, 3.05) is 18.1 Å². The van der Waals surface area contributed by atoms with Gasteiger partial charge in [-0.25, -0.2) is 13.2 Å². The molecule has 1 unspecified atom stereocenters. The van der Waals surface area contributed by atoms with Crippen molar-refractivity contribution in [1.29, 1.82) is 0 Å². The molecular weight excluding hydrogens is 347 g/mol. The van der Waals surface area contributed by atoms with Crippen molar-refractivity contribution in [1.82, 2.24) is 4.90 Å². The lowest BCUT2D eigenvalue weighted by molar-refractivity contribution is -0.134. The quantitative estimate of drug-likeness (QED) is 0.714. The summed E-state index contributed by atoms with van der Waals surface area (Å²) < 4.78 is 65.3. The van der Waals surface area contributed by atoms with Crippen LogP contribution in [0.3, 0.4) is 0 Å². The fourth-order valence-electron chi connectivity index (χ4n) is 2.61. The first kappa shape index (κ1) is 21.1. The van der Waals surface area contributed by atoms with Crippen LogP contribution in [0.4, 0.5) is 18.0 Å². The number of carbonyl (C=O) groups is 1. The molecule has 0 aromatic heterocycles. The number of alkyl halides is 3. The van der Waals surface area contributed by atoms with Gasteiger partial charge >= 0.3 is 12.3 Å². The van der Waals surface area contributed by atoms with Gasteiger partial charge in [0.2, 0.25) is 0 Å². The first-order chi connectivity index (χ1) is 10.8. The third kappa shape index (κ3) is 8.21. The molecule has 24 heavy (non-hydrogen) atoms. The van der Waals surface area contributed by atoms with E-state index in [1.54, 1.807) is 20.8 Å². The van der Waals surface area contributed by atoms with Crippen molar-refractivity contribution in [2.45, 2.75) is 70.7 Å². The molecule has 1 saturated heterocycles. The highest BCUT2D eigenvalue weighted by molar-refractivity contribution is 7.91. The third-order valence-corrected chi connectivity index (χ3v) is 5.45. The first-order valence-electron chi connectivity index (χ1n) is 8.06. The van der Waals surface area contributed by atoms with Crippen molar-refractivity contribution < 1.29 is 31.1 Å². The topological polar surface area (TPSA) is 63.7 Å². The van der Waals surface area contributed by atoms with E-state index < -0.39 is 46.3 Å². The SMILES string of the molecule is CC(C)(C)OC(=O)N1CCCC1CCS(=O)(=O)CCCC(F)(F)F. The minimum absolute atomic E-state index is 0.213. The molecular formula is C15H26F3NO4S. The summed E-state index contributed by atoms with van der Waals surface area (Å²) in [5.74, 6) is -0.694. The van der Waals surface area contributed by atoms with Crippen LogP contribution in [-0.2, 0) is 14.6 Å².